The summed E-state index contributed by atoms with van der Waals surface area (Å²) in [4.78, 5) is 35.0. The zero-order chi connectivity index (χ0) is 20.6. The molecule has 1 aromatic rings. The first-order valence-corrected chi connectivity index (χ1v) is 8.16. The molecule has 0 unspecified atom stereocenters. The second-order valence-electron chi connectivity index (χ2n) is 6.06. The van der Waals surface area contributed by atoms with E-state index in [2.05, 4.69) is 10.6 Å². The lowest BCUT2D eigenvalue weighted by atomic mass is 10.1. The lowest BCUT2D eigenvalue weighted by molar-refractivity contribution is -0.143. The maximum atomic E-state index is 12.1. The number of nitrogens with one attached hydrogen (secondary N) is 3. The molecule has 0 bridgehead atoms. The van der Waals surface area contributed by atoms with E-state index in [-0.39, 0.29) is 24.2 Å². The van der Waals surface area contributed by atoms with Crippen LogP contribution in [0.4, 0.5) is 18.0 Å². The zero-order valence-corrected chi connectivity index (χ0v) is 15.1. The second kappa shape index (κ2) is 9.79. The smallest absolute Gasteiger partial charge is 0.405 e. The van der Waals surface area contributed by atoms with Crippen LogP contribution in [0.1, 0.15) is 36.7 Å². The van der Waals surface area contributed by atoms with Crippen LogP contribution in [0.25, 0.3) is 0 Å². The van der Waals surface area contributed by atoms with Crippen LogP contribution in [-0.4, -0.2) is 42.8 Å². The second-order valence-corrected chi connectivity index (χ2v) is 6.06. The van der Waals surface area contributed by atoms with Gasteiger partial charge in [0.1, 0.15) is 6.54 Å². The van der Waals surface area contributed by atoms with Gasteiger partial charge in [-0.1, -0.05) is 12.1 Å². The van der Waals surface area contributed by atoms with Gasteiger partial charge in [-0.15, -0.1) is 0 Å². The van der Waals surface area contributed by atoms with Crippen molar-refractivity contribution in [2.75, 3.05) is 6.54 Å². The monoisotopic (exact) mass is 389 g/mol. The van der Waals surface area contributed by atoms with Crippen molar-refractivity contribution in [3.8, 4) is 0 Å². The van der Waals surface area contributed by atoms with Crippen LogP contribution in [0.15, 0.2) is 24.3 Å². The molecule has 0 aliphatic carbocycles. The van der Waals surface area contributed by atoms with E-state index < -0.39 is 30.7 Å². The first-order valence-electron chi connectivity index (χ1n) is 8.16. The molecule has 1 rings (SSSR count). The van der Waals surface area contributed by atoms with Crippen LogP contribution >= 0.6 is 0 Å². The van der Waals surface area contributed by atoms with Gasteiger partial charge in [0.15, 0.2) is 6.10 Å². The lowest BCUT2D eigenvalue weighted by Crippen LogP contribution is -2.40. The molecule has 3 N–H and O–H groups in total. The summed E-state index contributed by atoms with van der Waals surface area (Å²) in [6.45, 7) is 3.56. The summed E-state index contributed by atoms with van der Waals surface area (Å²) in [6, 6.07) is 5.70. The quantitative estimate of drug-likeness (QED) is 0.623. The molecule has 27 heavy (non-hydrogen) atoms. The average molecular weight is 389 g/mol. The number of esters is 1. The minimum absolute atomic E-state index is 0.00234. The number of carbonyl (C=O) groups is 3. The van der Waals surface area contributed by atoms with Crippen molar-refractivity contribution < 1.29 is 32.3 Å². The maximum absolute atomic E-state index is 12.1. The van der Waals surface area contributed by atoms with Gasteiger partial charge in [-0.2, -0.15) is 13.2 Å². The largest absolute Gasteiger partial charge is 0.449 e. The molecular weight excluding hydrogens is 367 g/mol. The van der Waals surface area contributed by atoms with Gasteiger partial charge >= 0.3 is 18.2 Å². The van der Waals surface area contributed by atoms with E-state index in [1.54, 1.807) is 17.4 Å². The van der Waals surface area contributed by atoms with Gasteiger partial charge in [0.2, 0.25) is 0 Å². The van der Waals surface area contributed by atoms with E-state index in [1.165, 1.54) is 19.1 Å². The molecule has 0 saturated carbocycles. The minimum Gasteiger partial charge on any atom is -0.449 e. The zero-order valence-electron chi connectivity index (χ0n) is 15.1. The van der Waals surface area contributed by atoms with Crippen LogP contribution in [0.2, 0.25) is 0 Å². The Morgan fingerprint density at radius 3 is 2.15 bits per heavy atom. The highest BCUT2D eigenvalue weighted by Crippen LogP contribution is 2.12. The molecule has 0 aliphatic rings. The third-order valence-electron chi connectivity index (χ3n) is 3.18. The van der Waals surface area contributed by atoms with Crippen LogP contribution in [-0.2, 0) is 16.1 Å². The number of carbonyl (C=O) groups excluding carboxylic acids is 3. The molecular formula is C17H22F3N3O4. The van der Waals surface area contributed by atoms with Crippen LogP contribution in [0.5, 0.6) is 0 Å². The summed E-state index contributed by atoms with van der Waals surface area (Å²) in [6.07, 6.45) is -5.92. The summed E-state index contributed by atoms with van der Waals surface area (Å²) < 4.78 is 41.0. The number of rotatable bonds is 7. The van der Waals surface area contributed by atoms with Gasteiger partial charge in [0.25, 0.3) is 5.91 Å². The Bertz CT molecular complexity index is 660. The highest BCUT2D eigenvalue weighted by molar-refractivity contribution is 5.92. The fourth-order valence-electron chi connectivity index (χ4n) is 1.87. The number of ether oxygens (including phenoxy) is 1. The molecule has 3 amide bonds. The van der Waals surface area contributed by atoms with Crippen LogP contribution in [0.3, 0.4) is 0 Å². The highest BCUT2D eigenvalue weighted by atomic mass is 19.4. The summed E-state index contributed by atoms with van der Waals surface area (Å²) >= 11 is 0. The van der Waals surface area contributed by atoms with Crippen LogP contribution in [0, 0.1) is 0 Å². The van der Waals surface area contributed by atoms with Crippen molar-refractivity contribution in [1.82, 2.24) is 16.0 Å². The summed E-state index contributed by atoms with van der Waals surface area (Å²) in [5.74, 6) is -1.89. The molecule has 150 valence electrons. The van der Waals surface area contributed by atoms with Crippen LogP contribution < -0.4 is 16.0 Å². The molecule has 0 fully saturated rings. The van der Waals surface area contributed by atoms with E-state index in [9.17, 15) is 27.6 Å². The number of hydrogen-bond donors (Lipinski definition) is 3. The number of hydrogen-bond acceptors (Lipinski definition) is 4. The molecule has 1 atom stereocenters. The fraction of sp³-hybridized carbons (Fsp3) is 0.471. The van der Waals surface area contributed by atoms with Gasteiger partial charge in [0, 0.05) is 12.6 Å². The topological polar surface area (TPSA) is 96.5 Å². The molecule has 0 aromatic heterocycles. The van der Waals surface area contributed by atoms with Crippen molar-refractivity contribution in [2.45, 2.75) is 45.6 Å². The van der Waals surface area contributed by atoms with Crippen molar-refractivity contribution in [3.63, 3.8) is 0 Å². The van der Waals surface area contributed by atoms with E-state index in [1.807, 2.05) is 13.8 Å². The lowest BCUT2D eigenvalue weighted by Gasteiger charge is -2.14. The standard InChI is InChI=1S/C17H22F3N3O4/c1-10(2)23-16(26)21-8-12-4-6-13(7-5-12)15(25)27-11(3)14(24)22-9-17(18,19)20/h4-7,10-11H,8-9H2,1-3H3,(H,22,24)(H2,21,23,26)/t11-/m1/s1. The van der Waals surface area contributed by atoms with Gasteiger partial charge in [-0.25, -0.2) is 9.59 Å². The van der Waals surface area contributed by atoms with E-state index >= 15 is 0 Å². The normalized spacial score (nSPS) is 12.3. The van der Waals surface area contributed by atoms with Gasteiger partial charge in [-0.3, -0.25) is 4.79 Å². The van der Waals surface area contributed by atoms with E-state index in [0.717, 1.165) is 5.56 Å². The van der Waals surface area contributed by atoms with Gasteiger partial charge in [0.05, 0.1) is 5.56 Å². The Labute approximate surface area is 154 Å². The maximum Gasteiger partial charge on any atom is 0.405 e. The van der Waals surface area contributed by atoms with E-state index in [4.69, 9.17) is 4.74 Å². The molecule has 0 spiro atoms. The summed E-state index contributed by atoms with van der Waals surface area (Å²) in [5, 5.41) is 6.94. The highest BCUT2D eigenvalue weighted by Gasteiger charge is 2.29. The van der Waals surface area contributed by atoms with Gasteiger partial charge < -0.3 is 20.7 Å². The molecule has 7 nitrogen and oxygen atoms in total. The Hall–Kier alpha value is -2.78. The Balaban J connectivity index is 2.51. The molecule has 0 heterocycles. The number of urea groups is 1. The Kier molecular flexibility index (Phi) is 8.07. The minimum atomic E-state index is -4.55. The van der Waals surface area contributed by atoms with Crippen molar-refractivity contribution in [2.24, 2.45) is 0 Å². The predicted molar refractivity (Wildman–Crippen MR) is 90.9 cm³/mol. The summed E-state index contributed by atoms with van der Waals surface area (Å²) in [5.41, 5.74) is 0.849. The average Bonchev–Trinajstić information content (AvgIpc) is 2.56. The van der Waals surface area contributed by atoms with Crippen molar-refractivity contribution in [1.29, 1.82) is 0 Å². The Morgan fingerprint density at radius 2 is 1.63 bits per heavy atom. The Morgan fingerprint density at radius 1 is 1.04 bits per heavy atom. The van der Waals surface area contributed by atoms with E-state index in [0.29, 0.717) is 0 Å². The number of alkyl halides is 3. The number of halogens is 3. The molecule has 0 aliphatic heterocycles. The fourth-order valence-corrected chi connectivity index (χ4v) is 1.87. The molecule has 0 radical (unpaired) electrons. The molecule has 0 saturated heterocycles. The van der Waals surface area contributed by atoms with Gasteiger partial charge in [-0.05, 0) is 38.5 Å². The van der Waals surface area contributed by atoms with Crippen molar-refractivity contribution >= 4 is 17.9 Å². The third kappa shape index (κ3) is 8.93. The summed E-state index contributed by atoms with van der Waals surface area (Å²) in [7, 11) is 0. The first-order chi connectivity index (χ1) is 12.5. The third-order valence-corrected chi connectivity index (χ3v) is 3.18. The molecule has 10 heteroatoms. The van der Waals surface area contributed by atoms with Crippen molar-refractivity contribution in [3.05, 3.63) is 35.4 Å². The number of amides is 3. The number of benzene rings is 1. The first kappa shape index (κ1) is 22.3. The molecule has 1 aromatic carbocycles. The SMILES string of the molecule is CC(C)NC(=O)NCc1ccc(C(=O)O[C@H](C)C(=O)NCC(F)(F)F)cc1. The predicted octanol–water partition coefficient (Wildman–Crippen LogP) is 2.12.